The second-order valence-corrected chi connectivity index (χ2v) is 8.56. The van der Waals surface area contributed by atoms with Gasteiger partial charge < -0.3 is 10.2 Å². The number of likely N-dealkylation sites (N-methyl/N-ethyl adjacent to an activating group) is 1. The van der Waals surface area contributed by atoms with Crippen LogP contribution in [0.25, 0.3) is 0 Å². The van der Waals surface area contributed by atoms with Gasteiger partial charge in [-0.3, -0.25) is 4.79 Å². The smallest absolute Gasteiger partial charge is 0.261 e. The topological polar surface area (TPSA) is 70.9 Å². The number of piperazine rings is 1. The van der Waals surface area contributed by atoms with E-state index in [9.17, 15) is 13.2 Å². The number of quaternary nitrogens is 1. The zero-order valence-corrected chi connectivity index (χ0v) is 14.9. The van der Waals surface area contributed by atoms with E-state index in [0.29, 0.717) is 29.4 Å². The van der Waals surface area contributed by atoms with Crippen LogP contribution in [0.5, 0.6) is 0 Å². The summed E-state index contributed by atoms with van der Waals surface area (Å²) < 4.78 is 27.1. The highest BCUT2D eigenvalue weighted by Gasteiger charge is 2.32. The van der Waals surface area contributed by atoms with Crippen LogP contribution in [0.3, 0.4) is 0 Å². The molecular weight excluding hydrogens is 322 g/mol. The number of sulfonamides is 1. The molecule has 2 N–H and O–H groups in total. The molecule has 8 heteroatoms. The van der Waals surface area contributed by atoms with Gasteiger partial charge in [0.05, 0.1) is 42.5 Å². The lowest BCUT2D eigenvalue weighted by Crippen LogP contribution is -3.14. The second kappa shape index (κ2) is 7.08. The highest BCUT2D eigenvalue weighted by Crippen LogP contribution is 2.28. The quantitative estimate of drug-likeness (QED) is 0.770. The molecule has 1 aliphatic heterocycles. The van der Waals surface area contributed by atoms with Crippen molar-refractivity contribution in [3.63, 3.8) is 0 Å². The maximum absolute atomic E-state index is 12.8. The number of aryl methyl sites for hydroxylation is 1. The number of hydrogen-bond donors (Lipinski definition) is 2. The van der Waals surface area contributed by atoms with Crippen molar-refractivity contribution in [2.75, 3.05) is 39.3 Å². The molecule has 0 atom stereocenters. The van der Waals surface area contributed by atoms with Crippen LogP contribution in [0.4, 0.5) is 0 Å². The van der Waals surface area contributed by atoms with Crippen LogP contribution in [0.15, 0.2) is 11.0 Å². The molecule has 1 aromatic rings. The molecule has 0 bridgehead atoms. The van der Waals surface area contributed by atoms with E-state index in [2.05, 4.69) is 12.2 Å². The summed E-state index contributed by atoms with van der Waals surface area (Å²) >= 11 is 1.24. The molecule has 2 rings (SSSR count). The number of rotatable bonds is 5. The van der Waals surface area contributed by atoms with Gasteiger partial charge in [-0.25, -0.2) is 8.42 Å². The lowest BCUT2D eigenvalue weighted by atomic mass is 10.4. The predicted molar refractivity (Wildman–Crippen MR) is 87.1 cm³/mol. The van der Waals surface area contributed by atoms with Crippen molar-refractivity contribution in [3.8, 4) is 0 Å². The standard InChI is InChI=1S/C14H23N3O3S2/c1-4-15-14(18)12-10-13(11(3)21-12)22(19,20)17-8-6-16(5-2)7-9-17/h10H,4-9H2,1-3H3,(H,15,18)/p+1. The third-order valence-electron chi connectivity index (χ3n) is 3.98. The summed E-state index contributed by atoms with van der Waals surface area (Å²) in [5.41, 5.74) is 0. The normalized spacial score (nSPS) is 17.6. The average Bonchev–Trinajstić information content (AvgIpc) is 2.90. The fourth-order valence-electron chi connectivity index (χ4n) is 2.62. The fourth-order valence-corrected chi connectivity index (χ4v) is 5.53. The first-order chi connectivity index (χ1) is 10.4. The van der Waals surface area contributed by atoms with Gasteiger partial charge in [-0.15, -0.1) is 11.3 Å². The van der Waals surface area contributed by atoms with Crippen molar-refractivity contribution in [2.24, 2.45) is 0 Å². The first kappa shape index (κ1) is 17.4. The van der Waals surface area contributed by atoms with Crippen molar-refractivity contribution < 1.29 is 18.1 Å². The van der Waals surface area contributed by atoms with Crippen molar-refractivity contribution >= 4 is 27.3 Å². The van der Waals surface area contributed by atoms with E-state index in [1.807, 2.05) is 6.92 Å². The minimum absolute atomic E-state index is 0.211. The average molecular weight is 346 g/mol. The van der Waals surface area contributed by atoms with E-state index in [1.54, 1.807) is 11.2 Å². The summed E-state index contributed by atoms with van der Waals surface area (Å²) in [4.78, 5) is 14.7. The van der Waals surface area contributed by atoms with Crippen molar-refractivity contribution in [1.29, 1.82) is 0 Å². The lowest BCUT2D eigenvalue weighted by molar-refractivity contribution is -0.901. The Morgan fingerprint density at radius 2 is 2.00 bits per heavy atom. The van der Waals surface area contributed by atoms with Crippen LogP contribution in [-0.2, 0) is 10.0 Å². The summed E-state index contributed by atoms with van der Waals surface area (Å²) in [6.45, 7) is 10.0. The van der Waals surface area contributed by atoms with Gasteiger partial charge in [0.25, 0.3) is 5.91 Å². The van der Waals surface area contributed by atoms with Crippen molar-refractivity contribution in [3.05, 3.63) is 15.8 Å². The van der Waals surface area contributed by atoms with Crippen LogP contribution >= 0.6 is 11.3 Å². The summed E-state index contributed by atoms with van der Waals surface area (Å²) in [6, 6.07) is 1.51. The summed E-state index contributed by atoms with van der Waals surface area (Å²) in [5, 5.41) is 2.71. The molecule has 1 amide bonds. The number of amides is 1. The number of nitrogens with zero attached hydrogens (tertiary/aromatic N) is 1. The molecule has 1 saturated heterocycles. The van der Waals surface area contributed by atoms with Crippen LogP contribution in [-0.4, -0.2) is 57.9 Å². The van der Waals surface area contributed by atoms with Gasteiger partial charge in [0.2, 0.25) is 10.0 Å². The van der Waals surface area contributed by atoms with E-state index in [0.717, 1.165) is 19.6 Å². The van der Waals surface area contributed by atoms with Crippen molar-refractivity contribution in [1.82, 2.24) is 9.62 Å². The van der Waals surface area contributed by atoms with Gasteiger partial charge >= 0.3 is 0 Å². The van der Waals surface area contributed by atoms with Gasteiger partial charge in [0.15, 0.2) is 0 Å². The predicted octanol–water partition coefficient (Wildman–Crippen LogP) is -0.285. The zero-order chi connectivity index (χ0) is 16.3. The van der Waals surface area contributed by atoms with Crippen molar-refractivity contribution in [2.45, 2.75) is 25.7 Å². The number of carbonyl (C=O) groups excluding carboxylic acids is 1. The molecule has 6 nitrogen and oxygen atoms in total. The molecule has 0 spiro atoms. The molecule has 0 saturated carbocycles. The van der Waals surface area contributed by atoms with E-state index in [1.165, 1.54) is 22.3 Å². The molecule has 1 fully saturated rings. The van der Waals surface area contributed by atoms with Gasteiger partial charge in [-0.05, 0) is 26.8 Å². The number of hydrogen-bond acceptors (Lipinski definition) is 4. The zero-order valence-electron chi connectivity index (χ0n) is 13.3. The van der Waals surface area contributed by atoms with E-state index in [4.69, 9.17) is 0 Å². The Kier molecular flexibility index (Phi) is 5.60. The number of thiophene rings is 1. The molecular formula is C14H24N3O3S2+. The Bertz CT molecular complexity index is 632. The van der Waals surface area contributed by atoms with E-state index >= 15 is 0 Å². The molecule has 1 aromatic heterocycles. The highest BCUT2D eigenvalue weighted by molar-refractivity contribution is 7.89. The largest absolute Gasteiger partial charge is 0.352 e. The lowest BCUT2D eigenvalue weighted by Gasteiger charge is -2.30. The Morgan fingerprint density at radius 1 is 1.36 bits per heavy atom. The van der Waals surface area contributed by atoms with Crippen LogP contribution in [0, 0.1) is 6.92 Å². The van der Waals surface area contributed by atoms with E-state index < -0.39 is 10.0 Å². The molecule has 22 heavy (non-hydrogen) atoms. The molecule has 0 radical (unpaired) electrons. The Balaban J connectivity index is 2.21. The Labute approximate surface area is 136 Å². The van der Waals surface area contributed by atoms with E-state index in [-0.39, 0.29) is 10.8 Å². The summed E-state index contributed by atoms with van der Waals surface area (Å²) in [7, 11) is -3.50. The van der Waals surface area contributed by atoms with Gasteiger partial charge in [0.1, 0.15) is 0 Å². The number of nitrogens with one attached hydrogen (secondary N) is 2. The third-order valence-corrected chi connectivity index (χ3v) is 7.18. The maximum atomic E-state index is 12.8. The van der Waals surface area contributed by atoms with Gasteiger partial charge in [-0.2, -0.15) is 4.31 Å². The minimum Gasteiger partial charge on any atom is -0.352 e. The van der Waals surface area contributed by atoms with Crippen LogP contribution in [0.2, 0.25) is 0 Å². The fraction of sp³-hybridized carbons (Fsp3) is 0.643. The third kappa shape index (κ3) is 3.51. The minimum atomic E-state index is -3.50. The molecule has 124 valence electrons. The Hall–Kier alpha value is -0.960. The monoisotopic (exact) mass is 346 g/mol. The first-order valence-corrected chi connectivity index (χ1v) is 9.88. The molecule has 1 aliphatic rings. The summed E-state index contributed by atoms with van der Waals surface area (Å²) in [6.07, 6.45) is 0. The molecule has 0 unspecified atom stereocenters. The van der Waals surface area contributed by atoms with Crippen LogP contribution in [0.1, 0.15) is 28.4 Å². The molecule has 2 heterocycles. The second-order valence-electron chi connectivity index (χ2n) is 5.40. The summed E-state index contributed by atoms with van der Waals surface area (Å²) in [5.74, 6) is -0.211. The molecule has 0 aliphatic carbocycles. The van der Waals surface area contributed by atoms with Crippen LogP contribution < -0.4 is 10.2 Å². The highest BCUT2D eigenvalue weighted by atomic mass is 32.2. The molecule has 0 aromatic carbocycles. The first-order valence-electron chi connectivity index (χ1n) is 7.62. The van der Waals surface area contributed by atoms with Gasteiger partial charge in [-0.1, -0.05) is 0 Å². The maximum Gasteiger partial charge on any atom is 0.261 e. The number of carbonyl (C=O) groups is 1. The SMILES string of the molecule is CCNC(=O)c1cc(S(=O)(=O)N2CC[NH+](CC)CC2)c(C)s1. The Morgan fingerprint density at radius 3 is 2.55 bits per heavy atom. The van der Waals surface area contributed by atoms with Gasteiger partial charge in [0, 0.05) is 11.4 Å².